The van der Waals surface area contributed by atoms with Crippen LogP contribution in [-0.4, -0.2) is 49.9 Å². The molecule has 0 spiro atoms. The average Bonchev–Trinajstić information content (AvgIpc) is 2.67. The fraction of sp³-hybridized carbons (Fsp3) is 0.727. The second-order valence-corrected chi connectivity index (χ2v) is 6.78. The van der Waals surface area contributed by atoms with E-state index in [0.29, 0.717) is 6.54 Å². The summed E-state index contributed by atoms with van der Waals surface area (Å²) in [5.74, 6) is -0.0880. The van der Waals surface area contributed by atoms with Crippen molar-refractivity contribution in [3.8, 4) is 0 Å². The van der Waals surface area contributed by atoms with E-state index < -0.39 is 15.4 Å². The summed E-state index contributed by atoms with van der Waals surface area (Å²) < 4.78 is -0.519. The van der Waals surface area contributed by atoms with Gasteiger partial charge in [-0.15, -0.1) is 0 Å². The van der Waals surface area contributed by atoms with E-state index in [2.05, 4.69) is 15.9 Å². The summed E-state index contributed by atoms with van der Waals surface area (Å²) >= 11 is 4.24. The Morgan fingerprint density at radius 2 is 2.11 bits per heavy atom. The number of carbonyl (C=O) groups is 3. The predicted molar refractivity (Wildman–Crippen MR) is 72.7 cm³/mol. The third-order valence-electron chi connectivity index (χ3n) is 3.32. The predicted octanol–water partition coefficient (Wildman–Crippen LogP) is 2.23. The third-order valence-corrected chi connectivity index (χ3v) is 5.37. The summed E-state index contributed by atoms with van der Waals surface area (Å²) in [5.41, 5.74) is 0. The van der Waals surface area contributed by atoms with E-state index in [9.17, 15) is 19.5 Å². The monoisotopic (exact) mass is 338 g/mol. The molecular weight excluding hydrogens is 322 g/mol. The van der Waals surface area contributed by atoms with Crippen LogP contribution in [-0.2, 0) is 9.59 Å². The Labute approximate surface area is 119 Å². The molecule has 0 aromatic rings. The summed E-state index contributed by atoms with van der Waals surface area (Å²) in [5, 5.41) is 9.31. The molecule has 1 saturated heterocycles. The third kappa shape index (κ3) is 2.95. The lowest BCUT2D eigenvalue weighted by Gasteiger charge is -2.31. The maximum Gasteiger partial charge on any atom is 0.521 e. The lowest BCUT2D eigenvalue weighted by atomic mass is 10.2. The van der Waals surface area contributed by atoms with Gasteiger partial charge in [0.15, 0.2) is 5.12 Å². The summed E-state index contributed by atoms with van der Waals surface area (Å²) in [4.78, 5) is 34.1. The van der Waals surface area contributed by atoms with Crippen molar-refractivity contribution in [1.82, 2.24) is 0 Å². The number of hydrogen-bond acceptors (Lipinski definition) is 4. The fourth-order valence-corrected chi connectivity index (χ4v) is 3.58. The SMILES string of the molecule is CC(=O)SCC(Br)C(=O)[N+]1(C(=O)O)CCC[C@H]1C. The molecule has 1 N–H and O–H groups in total. The van der Waals surface area contributed by atoms with Crippen molar-refractivity contribution in [2.75, 3.05) is 12.3 Å². The molecule has 0 bridgehead atoms. The molecule has 102 valence electrons. The minimum Gasteiger partial charge on any atom is -0.435 e. The van der Waals surface area contributed by atoms with Crippen molar-refractivity contribution >= 4 is 44.8 Å². The zero-order valence-corrected chi connectivity index (χ0v) is 12.8. The van der Waals surface area contributed by atoms with Gasteiger partial charge in [-0.2, -0.15) is 9.28 Å². The van der Waals surface area contributed by atoms with Gasteiger partial charge in [0.2, 0.25) is 0 Å². The van der Waals surface area contributed by atoms with Crippen LogP contribution in [0, 0.1) is 0 Å². The molecule has 5 nitrogen and oxygen atoms in total. The maximum atomic E-state index is 12.4. The number of thioether (sulfide) groups is 1. The Bertz CT molecular complexity index is 376. The zero-order chi connectivity index (χ0) is 13.9. The number of quaternary nitrogens is 1. The molecule has 0 saturated carbocycles. The molecule has 1 aliphatic heterocycles. The summed E-state index contributed by atoms with van der Waals surface area (Å²) in [7, 11) is 0. The minimum atomic E-state index is -1.10. The van der Waals surface area contributed by atoms with Crippen LogP contribution in [0.25, 0.3) is 0 Å². The first kappa shape index (κ1) is 15.7. The van der Waals surface area contributed by atoms with Gasteiger partial charge >= 0.3 is 12.0 Å². The first-order valence-corrected chi connectivity index (χ1v) is 7.65. The minimum absolute atomic E-state index is 0.0800. The number of likely N-dealkylation sites (tertiary alicyclic amines) is 1. The lowest BCUT2D eigenvalue weighted by molar-refractivity contribution is -0.792. The van der Waals surface area contributed by atoms with Crippen LogP contribution in [0.15, 0.2) is 0 Å². The van der Waals surface area contributed by atoms with E-state index in [-0.39, 0.29) is 22.8 Å². The number of hydrogen-bond donors (Lipinski definition) is 1. The van der Waals surface area contributed by atoms with Crippen molar-refractivity contribution in [2.24, 2.45) is 0 Å². The molecule has 3 atom stereocenters. The van der Waals surface area contributed by atoms with E-state index >= 15 is 0 Å². The van der Waals surface area contributed by atoms with Crippen LogP contribution in [0.2, 0.25) is 0 Å². The van der Waals surface area contributed by atoms with Gasteiger partial charge in [0, 0.05) is 25.5 Å². The van der Waals surface area contributed by atoms with E-state index in [4.69, 9.17) is 0 Å². The Morgan fingerprint density at radius 3 is 2.50 bits per heavy atom. The van der Waals surface area contributed by atoms with Gasteiger partial charge < -0.3 is 5.11 Å². The van der Waals surface area contributed by atoms with Crippen molar-refractivity contribution < 1.29 is 24.0 Å². The van der Waals surface area contributed by atoms with E-state index in [0.717, 1.165) is 24.6 Å². The number of imide groups is 1. The van der Waals surface area contributed by atoms with E-state index in [1.54, 1.807) is 6.92 Å². The van der Waals surface area contributed by atoms with Crippen LogP contribution < -0.4 is 0 Å². The number of carboxylic acid groups (broad SMARTS) is 1. The average molecular weight is 339 g/mol. The van der Waals surface area contributed by atoms with Crippen molar-refractivity contribution in [3.05, 3.63) is 0 Å². The second-order valence-electron chi connectivity index (χ2n) is 4.47. The summed E-state index contributed by atoms with van der Waals surface area (Å²) in [6.45, 7) is 3.55. The number of halogens is 1. The van der Waals surface area contributed by atoms with Gasteiger partial charge in [-0.1, -0.05) is 27.7 Å². The molecule has 2 amide bonds. The number of alkyl halides is 1. The number of amides is 2. The van der Waals surface area contributed by atoms with Crippen LogP contribution in [0.5, 0.6) is 0 Å². The Kier molecular flexibility index (Phi) is 5.36. The molecule has 7 heteroatoms. The quantitative estimate of drug-likeness (QED) is 0.631. The molecule has 1 heterocycles. The van der Waals surface area contributed by atoms with Gasteiger partial charge in [-0.25, -0.2) is 4.79 Å². The van der Waals surface area contributed by atoms with Crippen molar-refractivity contribution in [1.29, 1.82) is 0 Å². The standard InChI is InChI=1S/C11H16BrNO4S/c1-7-4-3-5-13(7,11(16)17)10(15)9(12)6-18-8(2)14/h7,9H,3-6H2,1-2H3/p+1/t7-,9?,13?/m1/s1. The van der Waals surface area contributed by atoms with Crippen LogP contribution in [0.1, 0.15) is 26.7 Å². The highest BCUT2D eigenvalue weighted by atomic mass is 79.9. The highest BCUT2D eigenvalue weighted by molar-refractivity contribution is 9.10. The van der Waals surface area contributed by atoms with Crippen LogP contribution in [0.3, 0.4) is 0 Å². The molecule has 1 aliphatic rings. The molecule has 0 aromatic carbocycles. The van der Waals surface area contributed by atoms with Gasteiger partial charge in [-0.3, -0.25) is 4.79 Å². The molecule has 0 aromatic heterocycles. The Hall–Kier alpha value is -0.400. The molecule has 1 fully saturated rings. The van der Waals surface area contributed by atoms with Crippen molar-refractivity contribution in [2.45, 2.75) is 37.6 Å². The van der Waals surface area contributed by atoms with Gasteiger partial charge in [0.1, 0.15) is 10.9 Å². The molecule has 0 aliphatic carbocycles. The van der Waals surface area contributed by atoms with Gasteiger partial charge in [0.25, 0.3) is 0 Å². The maximum absolute atomic E-state index is 12.4. The molecule has 18 heavy (non-hydrogen) atoms. The largest absolute Gasteiger partial charge is 0.521 e. The van der Waals surface area contributed by atoms with Crippen LogP contribution >= 0.6 is 27.7 Å². The number of carbonyl (C=O) groups excluding carboxylic acids is 2. The fourth-order valence-electron chi connectivity index (χ4n) is 2.29. The summed E-state index contributed by atoms with van der Waals surface area (Å²) in [6.07, 6.45) is 0.374. The Balaban J connectivity index is 2.84. The van der Waals surface area contributed by atoms with E-state index in [1.165, 1.54) is 6.92 Å². The van der Waals surface area contributed by atoms with Gasteiger partial charge in [-0.05, 0) is 6.92 Å². The lowest BCUT2D eigenvalue weighted by Crippen LogP contribution is -2.61. The highest BCUT2D eigenvalue weighted by Gasteiger charge is 2.54. The number of rotatable bonds is 3. The Morgan fingerprint density at radius 1 is 1.50 bits per heavy atom. The van der Waals surface area contributed by atoms with Crippen molar-refractivity contribution in [3.63, 3.8) is 0 Å². The highest BCUT2D eigenvalue weighted by Crippen LogP contribution is 2.31. The summed E-state index contributed by atoms with van der Waals surface area (Å²) in [6, 6.07) is -0.211. The normalized spacial score (nSPS) is 28.9. The van der Waals surface area contributed by atoms with Gasteiger partial charge in [0.05, 0.1) is 6.54 Å². The van der Waals surface area contributed by atoms with Crippen LogP contribution in [0.4, 0.5) is 4.79 Å². The molecule has 2 unspecified atom stereocenters. The number of nitrogens with zero attached hydrogens (tertiary/aromatic N) is 1. The first-order valence-electron chi connectivity index (χ1n) is 5.75. The molecule has 0 radical (unpaired) electrons. The second kappa shape index (κ2) is 6.16. The molecular formula is C11H17BrNO4S+. The van der Waals surface area contributed by atoms with E-state index in [1.807, 2.05) is 0 Å². The first-order chi connectivity index (χ1) is 8.32. The molecule has 1 rings (SSSR count). The topological polar surface area (TPSA) is 71.4 Å². The smallest absolute Gasteiger partial charge is 0.435 e. The zero-order valence-electron chi connectivity index (χ0n) is 10.4.